The molecule has 0 bridgehead atoms. The first-order chi connectivity index (χ1) is 14.4. The fraction of sp³-hybridized carbons (Fsp3) is 0.458. The molecule has 170 valence electrons. The van der Waals surface area contributed by atoms with E-state index in [1.165, 1.54) is 0 Å². The number of sulfonamides is 1. The zero-order valence-electron chi connectivity index (χ0n) is 19.2. The smallest absolute Gasteiger partial charge is 0.407 e. The summed E-state index contributed by atoms with van der Waals surface area (Å²) in [6.07, 6.45) is -0.433. The lowest BCUT2D eigenvalue weighted by Gasteiger charge is -2.19. The molecule has 0 aliphatic carbocycles. The van der Waals surface area contributed by atoms with Gasteiger partial charge in [0.05, 0.1) is 5.25 Å². The lowest BCUT2D eigenvalue weighted by molar-refractivity contribution is 0.0523. The Balaban J connectivity index is 1.94. The number of alkyl carbamates (subject to hydrolysis) is 1. The van der Waals surface area contributed by atoms with Gasteiger partial charge >= 0.3 is 6.09 Å². The van der Waals surface area contributed by atoms with Gasteiger partial charge in [0.15, 0.2) is 0 Å². The Bertz CT molecular complexity index is 960. The average Bonchev–Trinajstić information content (AvgIpc) is 2.70. The van der Waals surface area contributed by atoms with E-state index in [2.05, 4.69) is 10.0 Å². The van der Waals surface area contributed by atoms with Crippen molar-refractivity contribution in [2.75, 3.05) is 6.54 Å². The number of hydrogen-bond acceptors (Lipinski definition) is 4. The Kier molecular flexibility index (Phi) is 8.26. The average molecular weight is 447 g/mol. The zero-order chi connectivity index (χ0) is 23.2. The maximum Gasteiger partial charge on any atom is 0.407 e. The van der Waals surface area contributed by atoms with Crippen LogP contribution in [0.25, 0.3) is 11.1 Å². The van der Waals surface area contributed by atoms with Gasteiger partial charge in [0.2, 0.25) is 10.0 Å². The van der Waals surface area contributed by atoms with E-state index in [4.69, 9.17) is 4.74 Å². The van der Waals surface area contributed by atoms with Crippen molar-refractivity contribution in [3.63, 3.8) is 0 Å². The molecule has 0 aromatic heterocycles. The van der Waals surface area contributed by atoms with E-state index in [1.807, 2.05) is 76.2 Å². The molecule has 0 spiro atoms. The third-order valence-electron chi connectivity index (χ3n) is 4.81. The van der Waals surface area contributed by atoms with Crippen LogP contribution in [0.15, 0.2) is 48.5 Å². The van der Waals surface area contributed by atoms with Crippen LogP contribution in [-0.2, 0) is 21.3 Å². The van der Waals surface area contributed by atoms with Gasteiger partial charge in [-0.2, -0.15) is 0 Å². The van der Waals surface area contributed by atoms with Crippen molar-refractivity contribution in [3.8, 4) is 11.1 Å². The molecule has 0 heterocycles. The monoisotopic (exact) mass is 446 g/mol. The van der Waals surface area contributed by atoms with Crippen molar-refractivity contribution >= 4 is 16.1 Å². The van der Waals surface area contributed by atoms with E-state index in [0.717, 1.165) is 22.3 Å². The van der Waals surface area contributed by atoms with E-state index in [1.54, 1.807) is 13.8 Å². The van der Waals surface area contributed by atoms with Gasteiger partial charge in [0, 0.05) is 13.1 Å². The van der Waals surface area contributed by atoms with E-state index < -0.39 is 27.0 Å². The van der Waals surface area contributed by atoms with Crippen molar-refractivity contribution in [3.05, 3.63) is 59.7 Å². The first-order valence-electron chi connectivity index (χ1n) is 10.5. The largest absolute Gasteiger partial charge is 0.444 e. The van der Waals surface area contributed by atoms with Crippen LogP contribution in [0, 0.1) is 0 Å². The van der Waals surface area contributed by atoms with Crippen LogP contribution in [-0.4, -0.2) is 31.9 Å². The van der Waals surface area contributed by atoms with Crippen LogP contribution in [0.2, 0.25) is 0 Å². The standard InChI is InChI=1S/C24H34N2O4S/c1-17(2)31(28,29)26-15-18(3)20-11-13-22(14-12-20)21-9-7-19(8-10-21)16-25-23(27)30-24(4,5)6/h7-14,17-18,26H,15-16H2,1-6H3,(H,25,27). The highest BCUT2D eigenvalue weighted by atomic mass is 32.2. The van der Waals surface area contributed by atoms with Gasteiger partial charge in [-0.25, -0.2) is 17.9 Å². The molecule has 0 aliphatic rings. The van der Waals surface area contributed by atoms with Crippen LogP contribution in [0.3, 0.4) is 0 Å². The minimum Gasteiger partial charge on any atom is -0.444 e. The van der Waals surface area contributed by atoms with Crippen molar-refractivity contribution in [2.45, 2.75) is 64.9 Å². The van der Waals surface area contributed by atoms with E-state index >= 15 is 0 Å². The van der Waals surface area contributed by atoms with Crippen molar-refractivity contribution in [1.29, 1.82) is 0 Å². The summed E-state index contributed by atoms with van der Waals surface area (Å²) in [4.78, 5) is 11.8. The summed E-state index contributed by atoms with van der Waals surface area (Å²) in [5, 5.41) is 2.31. The SMILES string of the molecule is CC(CNS(=O)(=O)C(C)C)c1ccc(-c2ccc(CNC(=O)OC(C)(C)C)cc2)cc1. The molecular formula is C24H34N2O4S. The molecular weight excluding hydrogens is 412 g/mol. The highest BCUT2D eigenvalue weighted by molar-refractivity contribution is 7.90. The Labute approximate surface area is 186 Å². The number of nitrogens with one attached hydrogen (secondary N) is 2. The van der Waals surface area contributed by atoms with Gasteiger partial charge in [-0.1, -0.05) is 55.5 Å². The molecule has 1 atom stereocenters. The van der Waals surface area contributed by atoms with Gasteiger partial charge in [0.25, 0.3) is 0 Å². The molecule has 1 unspecified atom stereocenters. The second-order valence-electron chi connectivity index (χ2n) is 9.02. The summed E-state index contributed by atoms with van der Waals surface area (Å²) < 4.78 is 31.8. The molecule has 2 aromatic rings. The molecule has 0 aliphatic heterocycles. The van der Waals surface area contributed by atoms with E-state index in [-0.39, 0.29) is 5.92 Å². The minimum atomic E-state index is -3.26. The Morgan fingerprint density at radius 2 is 1.45 bits per heavy atom. The lowest BCUT2D eigenvalue weighted by atomic mass is 9.97. The summed E-state index contributed by atoms with van der Waals surface area (Å²) in [5.74, 6) is 0.0730. The fourth-order valence-corrected chi connectivity index (χ4v) is 3.65. The topological polar surface area (TPSA) is 84.5 Å². The highest BCUT2D eigenvalue weighted by Gasteiger charge is 2.17. The van der Waals surface area contributed by atoms with Crippen LogP contribution in [0.4, 0.5) is 4.79 Å². The summed E-state index contributed by atoms with van der Waals surface area (Å²) in [5.41, 5.74) is 3.69. The van der Waals surface area contributed by atoms with E-state index in [0.29, 0.717) is 13.1 Å². The van der Waals surface area contributed by atoms with Gasteiger partial charge < -0.3 is 10.1 Å². The quantitative estimate of drug-likeness (QED) is 0.609. The van der Waals surface area contributed by atoms with Crippen LogP contribution in [0.5, 0.6) is 0 Å². The van der Waals surface area contributed by atoms with Crippen LogP contribution in [0.1, 0.15) is 58.6 Å². The summed E-state index contributed by atoms with van der Waals surface area (Å²) in [6, 6.07) is 16.1. The molecule has 0 saturated heterocycles. The molecule has 2 rings (SSSR count). The lowest BCUT2D eigenvalue weighted by Crippen LogP contribution is -2.33. The van der Waals surface area contributed by atoms with Gasteiger partial charge in [-0.05, 0) is 62.8 Å². The number of ether oxygens (including phenoxy) is 1. The predicted molar refractivity (Wildman–Crippen MR) is 125 cm³/mol. The molecule has 0 radical (unpaired) electrons. The Morgan fingerprint density at radius 1 is 0.935 bits per heavy atom. The number of amides is 1. The van der Waals surface area contributed by atoms with Crippen molar-refractivity contribution in [2.24, 2.45) is 0 Å². The highest BCUT2D eigenvalue weighted by Crippen LogP contribution is 2.23. The summed E-state index contributed by atoms with van der Waals surface area (Å²) >= 11 is 0. The van der Waals surface area contributed by atoms with Crippen molar-refractivity contribution in [1.82, 2.24) is 10.0 Å². The fourth-order valence-electron chi connectivity index (χ4n) is 2.83. The molecule has 0 fully saturated rings. The third kappa shape index (κ3) is 7.99. The third-order valence-corrected chi connectivity index (χ3v) is 6.62. The van der Waals surface area contributed by atoms with E-state index in [9.17, 15) is 13.2 Å². The maximum absolute atomic E-state index is 11.9. The van der Waals surface area contributed by atoms with Crippen LogP contribution >= 0.6 is 0 Å². The van der Waals surface area contributed by atoms with Gasteiger partial charge in [0.1, 0.15) is 5.60 Å². The molecule has 6 nitrogen and oxygen atoms in total. The minimum absolute atomic E-state index is 0.0730. The molecule has 2 aromatic carbocycles. The second-order valence-corrected chi connectivity index (χ2v) is 11.3. The number of rotatable bonds is 8. The molecule has 7 heteroatoms. The number of benzene rings is 2. The maximum atomic E-state index is 11.9. The predicted octanol–water partition coefficient (Wildman–Crippen LogP) is 4.81. The number of hydrogen-bond donors (Lipinski definition) is 2. The number of carbonyl (C=O) groups is 1. The first kappa shape index (κ1) is 24.9. The Morgan fingerprint density at radius 3 is 1.94 bits per heavy atom. The molecule has 31 heavy (non-hydrogen) atoms. The summed E-state index contributed by atoms with van der Waals surface area (Å²) in [6.45, 7) is 11.6. The normalized spacial score (nSPS) is 13.1. The molecule has 1 amide bonds. The van der Waals surface area contributed by atoms with Gasteiger partial charge in [-0.15, -0.1) is 0 Å². The summed E-state index contributed by atoms with van der Waals surface area (Å²) in [7, 11) is -3.26. The van der Waals surface area contributed by atoms with Crippen molar-refractivity contribution < 1.29 is 17.9 Å². The Hall–Kier alpha value is -2.38. The van der Waals surface area contributed by atoms with Crippen LogP contribution < -0.4 is 10.0 Å². The molecule has 0 saturated carbocycles. The number of carbonyl (C=O) groups excluding carboxylic acids is 1. The second kappa shape index (κ2) is 10.3. The zero-order valence-corrected chi connectivity index (χ0v) is 20.0. The first-order valence-corrected chi connectivity index (χ1v) is 12.1. The van der Waals surface area contributed by atoms with Gasteiger partial charge in [-0.3, -0.25) is 0 Å². The molecule has 2 N–H and O–H groups in total.